The van der Waals surface area contributed by atoms with Gasteiger partial charge in [0.05, 0.1) is 19.8 Å². The summed E-state index contributed by atoms with van der Waals surface area (Å²) in [6.07, 6.45) is 0. The van der Waals surface area contributed by atoms with Gasteiger partial charge in [-0.15, -0.1) is 0 Å². The van der Waals surface area contributed by atoms with Gasteiger partial charge in [0.2, 0.25) is 0 Å². The van der Waals surface area contributed by atoms with Crippen molar-refractivity contribution < 1.29 is 9.47 Å². The average Bonchev–Trinajstić information content (AvgIpc) is 2.45. The van der Waals surface area contributed by atoms with Crippen LogP contribution in [0.3, 0.4) is 0 Å². The maximum atomic E-state index is 6.08. The Kier molecular flexibility index (Phi) is 4.45. The molecule has 0 radical (unpaired) electrons. The number of halogens is 1. The lowest BCUT2D eigenvalue weighted by atomic mass is 10.1. The third-order valence-corrected chi connectivity index (χ3v) is 3.15. The average molecular weight is 293 g/mol. The fourth-order valence-electron chi connectivity index (χ4n) is 1.83. The van der Waals surface area contributed by atoms with Crippen LogP contribution in [-0.2, 0) is 0 Å². The molecule has 0 unspecified atom stereocenters. The summed E-state index contributed by atoms with van der Waals surface area (Å²) in [5.41, 5.74) is 1.69. The van der Waals surface area contributed by atoms with E-state index < -0.39 is 0 Å². The minimum Gasteiger partial charge on any atom is -0.497 e. The van der Waals surface area contributed by atoms with Gasteiger partial charge in [-0.2, -0.15) is 0 Å². The summed E-state index contributed by atoms with van der Waals surface area (Å²) >= 11 is 6.08. The zero-order chi connectivity index (χ0) is 14.7. The number of ether oxygens (including phenoxy) is 2. The van der Waals surface area contributed by atoms with Crippen molar-refractivity contribution in [3.05, 3.63) is 35.1 Å². The monoisotopic (exact) mass is 292 g/mol. The Hall–Kier alpha value is -1.81. The van der Waals surface area contributed by atoms with Crippen LogP contribution in [0.2, 0.25) is 5.15 Å². The highest BCUT2D eigenvalue weighted by molar-refractivity contribution is 6.29. The van der Waals surface area contributed by atoms with Crippen LogP contribution in [0.25, 0.3) is 11.4 Å². The fraction of sp³-hybridized carbons (Fsp3) is 0.333. The molecule has 1 heterocycles. The smallest absolute Gasteiger partial charge is 0.164 e. The van der Waals surface area contributed by atoms with E-state index in [-0.39, 0.29) is 5.92 Å². The highest BCUT2D eigenvalue weighted by Gasteiger charge is 2.13. The highest BCUT2D eigenvalue weighted by Crippen LogP contribution is 2.32. The quantitative estimate of drug-likeness (QED) is 0.801. The molecule has 0 N–H and O–H groups in total. The van der Waals surface area contributed by atoms with E-state index in [0.717, 1.165) is 17.0 Å². The summed E-state index contributed by atoms with van der Waals surface area (Å²) in [5.74, 6) is 2.21. The minimum absolute atomic E-state index is 0.276. The SMILES string of the molecule is COc1ccc(-c2nc(Cl)cc(C(C)C)n2)c(OC)c1. The molecular weight excluding hydrogens is 276 g/mol. The summed E-state index contributed by atoms with van der Waals surface area (Å²) in [6.45, 7) is 4.13. The van der Waals surface area contributed by atoms with E-state index in [0.29, 0.717) is 16.7 Å². The molecule has 0 saturated heterocycles. The van der Waals surface area contributed by atoms with Crippen LogP contribution in [-0.4, -0.2) is 24.2 Å². The van der Waals surface area contributed by atoms with E-state index in [1.54, 1.807) is 26.4 Å². The second-order valence-corrected chi connectivity index (χ2v) is 5.05. The van der Waals surface area contributed by atoms with Crippen molar-refractivity contribution in [2.45, 2.75) is 19.8 Å². The molecule has 2 aromatic rings. The van der Waals surface area contributed by atoms with Gasteiger partial charge >= 0.3 is 0 Å². The summed E-state index contributed by atoms with van der Waals surface area (Å²) in [5, 5.41) is 0.427. The van der Waals surface area contributed by atoms with Crippen LogP contribution >= 0.6 is 11.6 Å². The number of benzene rings is 1. The second-order valence-electron chi connectivity index (χ2n) is 4.66. The Labute approximate surface area is 123 Å². The minimum atomic E-state index is 0.276. The Morgan fingerprint density at radius 1 is 1.05 bits per heavy atom. The molecule has 5 heteroatoms. The Balaban J connectivity index is 2.56. The molecule has 2 rings (SSSR count). The normalized spacial score (nSPS) is 10.7. The molecule has 0 spiro atoms. The summed E-state index contributed by atoms with van der Waals surface area (Å²) < 4.78 is 10.6. The Morgan fingerprint density at radius 3 is 2.40 bits per heavy atom. The van der Waals surface area contributed by atoms with Gasteiger partial charge in [-0.3, -0.25) is 0 Å². The molecule has 0 atom stereocenters. The van der Waals surface area contributed by atoms with Crippen molar-refractivity contribution in [1.29, 1.82) is 0 Å². The molecule has 106 valence electrons. The Bertz CT molecular complexity index is 615. The number of hydrogen-bond donors (Lipinski definition) is 0. The van der Waals surface area contributed by atoms with Crippen molar-refractivity contribution in [2.75, 3.05) is 14.2 Å². The first-order chi connectivity index (χ1) is 9.55. The molecular formula is C15H17ClN2O2. The van der Waals surface area contributed by atoms with E-state index in [4.69, 9.17) is 21.1 Å². The summed E-state index contributed by atoms with van der Waals surface area (Å²) in [7, 11) is 3.22. The molecule has 0 aliphatic rings. The molecule has 1 aromatic heterocycles. The molecule has 0 aliphatic heterocycles. The van der Waals surface area contributed by atoms with Gasteiger partial charge in [0.15, 0.2) is 5.82 Å². The van der Waals surface area contributed by atoms with E-state index in [9.17, 15) is 0 Å². The van der Waals surface area contributed by atoms with E-state index in [2.05, 4.69) is 23.8 Å². The van der Waals surface area contributed by atoms with Gasteiger partial charge in [-0.05, 0) is 24.1 Å². The Morgan fingerprint density at radius 2 is 1.80 bits per heavy atom. The van der Waals surface area contributed by atoms with E-state index in [1.165, 1.54) is 0 Å². The maximum absolute atomic E-state index is 6.08. The first-order valence-corrected chi connectivity index (χ1v) is 6.69. The lowest BCUT2D eigenvalue weighted by Gasteiger charge is -2.11. The predicted octanol–water partition coefficient (Wildman–Crippen LogP) is 3.94. The first-order valence-electron chi connectivity index (χ1n) is 6.32. The maximum Gasteiger partial charge on any atom is 0.164 e. The summed E-state index contributed by atoms with van der Waals surface area (Å²) in [4.78, 5) is 8.84. The lowest BCUT2D eigenvalue weighted by molar-refractivity contribution is 0.395. The largest absolute Gasteiger partial charge is 0.497 e. The fourth-order valence-corrected chi connectivity index (χ4v) is 2.03. The number of nitrogens with zero attached hydrogens (tertiary/aromatic N) is 2. The van der Waals surface area contributed by atoms with Crippen molar-refractivity contribution in [1.82, 2.24) is 9.97 Å². The highest BCUT2D eigenvalue weighted by atomic mass is 35.5. The molecule has 0 amide bonds. The number of rotatable bonds is 4. The third kappa shape index (κ3) is 3.02. The number of hydrogen-bond acceptors (Lipinski definition) is 4. The van der Waals surface area contributed by atoms with E-state index >= 15 is 0 Å². The van der Waals surface area contributed by atoms with Crippen molar-refractivity contribution in [2.24, 2.45) is 0 Å². The number of methoxy groups -OCH3 is 2. The lowest BCUT2D eigenvalue weighted by Crippen LogP contribution is -1.99. The molecule has 4 nitrogen and oxygen atoms in total. The third-order valence-electron chi connectivity index (χ3n) is 2.96. The van der Waals surface area contributed by atoms with Crippen LogP contribution < -0.4 is 9.47 Å². The van der Waals surface area contributed by atoms with Gasteiger partial charge in [0.25, 0.3) is 0 Å². The molecule has 0 bridgehead atoms. The topological polar surface area (TPSA) is 44.2 Å². The van der Waals surface area contributed by atoms with Gasteiger partial charge in [-0.1, -0.05) is 25.4 Å². The summed E-state index contributed by atoms with van der Waals surface area (Å²) in [6, 6.07) is 7.30. The van der Waals surface area contributed by atoms with Crippen molar-refractivity contribution in [3.8, 4) is 22.9 Å². The van der Waals surface area contributed by atoms with Crippen LogP contribution in [0.5, 0.6) is 11.5 Å². The molecule has 1 aromatic carbocycles. The van der Waals surface area contributed by atoms with Gasteiger partial charge in [0, 0.05) is 11.8 Å². The molecule has 20 heavy (non-hydrogen) atoms. The van der Waals surface area contributed by atoms with Crippen LogP contribution in [0.15, 0.2) is 24.3 Å². The first kappa shape index (κ1) is 14.6. The van der Waals surface area contributed by atoms with Gasteiger partial charge in [0.1, 0.15) is 16.7 Å². The van der Waals surface area contributed by atoms with Crippen LogP contribution in [0, 0.1) is 0 Å². The molecule has 0 aliphatic carbocycles. The zero-order valence-corrected chi connectivity index (χ0v) is 12.7. The molecule has 0 fully saturated rings. The van der Waals surface area contributed by atoms with Crippen LogP contribution in [0.1, 0.15) is 25.5 Å². The standard InChI is InChI=1S/C15H17ClN2O2/c1-9(2)12-8-14(16)18-15(17-12)11-6-5-10(19-3)7-13(11)20-4/h5-9H,1-4H3. The second kappa shape index (κ2) is 6.09. The van der Waals surface area contributed by atoms with E-state index in [1.807, 2.05) is 12.1 Å². The molecule has 0 saturated carbocycles. The van der Waals surface area contributed by atoms with Crippen LogP contribution in [0.4, 0.5) is 0 Å². The van der Waals surface area contributed by atoms with Gasteiger partial charge < -0.3 is 9.47 Å². The van der Waals surface area contributed by atoms with Gasteiger partial charge in [-0.25, -0.2) is 9.97 Å². The zero-order valence-electron chi connectivity index (χ0n) is 12.0. The van der Waals surface area contributed by atoms with Crippen molar-refractivity contribution >= 4 is 11.6 Å². The predicted molar refractivity (Wildman–Crippen MR) is 79.7 cm³/mol. The number of aromatic nitrogens is 2. The van der Waals surface area contributed by atoms with Crippen molar-refractivity contribution in [3.63, 3.8) is 0 Å².